The zero-order chi connectivity index (χ0) is 15.9. The second-order valence-electron chi connectivity index (χ2n) is 4.83. The third kappa shape index (κ3) is 3.89. The average Bonchev–Trinajstić information content (AvgIpc) is 2.63. The van der Waals surface area contributed by atoms with Crippen molar-refractivity contribution in [2.24, 2.45) is 10.1 Å². The van der Waals surface area contributed by atoms with Gasteiger partial charge in [-0.15, -0.1) is 0 Å². The fourth-order valence-electron chi connectivity index (χ4n) is 2.04. The maximum atomic E-state index is 12.4. The second-order valence-corrected chi connectivity index (χ2v) is 4.83. The van der Waals surface area contributed by atoms with Crippen LogP contribution >= 0.6 is 0 Å². The smallest absolute Gasteiger partial charge is 0.226 e. The summed E-state index contributed by atoms with van der Waals surface area (Å²) < 4.78 is 1.63. The Morgan fingerprint density at radius 1 is 0.696 bits per heavy atom. The Kier molecular flexibility index (Phi) is 4.55. The lowest BCUT2D eigenvalue weighted by Gasteiger charge is -2.10. The molecule has 23 heavy (non-hydrogen) atoms. The van der Waals surface area contributed by atoms with E-state index in [2.05, 4.69) is 10.1 Å². The normalized spacial score (nSPS) is 12.2. The molecule has 0 saturated carbocycles. The van der Waals surface area contributed by atoms with Crippen molar-refractivity contribution in [3.8, 4) is 0 Å². The predicted molar refractivity (Wildman–Crippen MR) is 88.0 cm³/mol. The van der Waals surface area contributed by atoms with E-state index in [-0.39, 0.29) is 5.90 Å². The topological polar surface area (TPSA) is 51.7 Å². The molecule has 4 heteroatoms. The van der Waals surface area contributed by atoms with Crippen molar-refractivity contribution in [2.45, 2.75) is 0 Å². The first-order chi connectivity index (χ1) is 11.3. The molecular weight excluding hydrogens is 286 g/mol. The molecule has 0 fully saturated rings. The van der Waals surface area contributed by atoms with Crippen molar-refractivity contribution >= 4 is 11.7 Å². The third-order valence-electron chi connectivity index (χ3n) is 3.17. The highest BCUT2D eigenvalue weighted by Gasteiger charge is 2.06. The Balaban J connectivity index is 2.04. The zero-order valence-electron chi connectivity index (χ0n) is 12.4. The van der Waals surface area contributed by atoms with Gasteiger partial charge in [-0.25, -0.2) is 4.99 Å². The highest BCUT2D eigenvalue weighted by molar-refractivity contribution is 6.07. The van der Waals surface area contributed by atoms with Crippen LogP contribution in [0.15, 0.2) is 101 Å². The van der Waals surface area contributed by atoms with Crippen LogP contribution in [0.2, 0.25) is 0 Å². The molecule has 0 atom stereocenters. The molecule has 3 aromatic rings. The molecule has 0 radical (unpaired) electrons. The van der Waals surface area contributed by atoms with Gasteiger partial charge in [0.1, 0.15) is 0 Å². The number of hydrogen-bond acceptors (Lipinski definition) is 2. The summed E-state index contributed by atoms with van der Waals surface area (Å²) in [4.78, 5) is 4.20. The molecule has 0 aliphatic heterocycles. The number of pyridine rings is 1. The van der Waals surface area contributed by atoms with Gasteiger partial charge in [0.2, 0.25) is 18.2 Å². The number of hydrogen-bond donors (Lipinski definition) is 0. The van der Waals surface area contributed by atoms with Crippen LogP contribution in [0.3, 0.4) is 0 Å². The van der Waals surface area contributed by atoms with Gasteiger partial charge in [0.05, 0.1) is 0 Å². The standard InChI is InChI=1S/C19H15N3O/c23-19(17-12-6-2-7-13-17)20-18(16-10-4-1-5-11-16)21-22-14-8-3-9-15-22/h1-15H. The van der Waals surface area contributed by atoms with Crippen LogP contribution in [0.5, 0.6) is 0 Å². The average molecular weight is 301 g/mol. The first-order valence-electron chi connectivity index (χ1n) is 7.25. The molecule has 0 aliphatic carbocycles. The molecule has 0 bridgehead atoms. The van der Waals surface area contributed by atoms with Gasteiger partial charge in [0.15, 0.2) is 0 Å². The Hall–Kier alpha value is -3.27. The molecule has 4 nitrogen and oxygen atoms in total. The molecule has 1 aromatic heterocycles. The molecule has 0 aliphatic rings. The lowest BCUT2D eigenvalue weighted by molar-refractivity contribution is -0.678. The minimum absolute atomic E-state index is 0.315. The maximum Gasteiger partial charge on any atom is 0.226 e. The van der Waals surface area contributed by atoms with E-state index in [0.717, 1.165) is 5.56 Å². The zero-order valence-corrected chi connectivity index (χ0v) is 12.4. The number of aromatic nitrogens is 1. The lowest BCUT2D eigenvalue weighted by atomic mass is 10.2. The van der Waals surface area contributed by atoms with Crippen LogP contribution in [-0.4, -0.2) is 11.7 Å². The van der Waals surface area contributed by atoms with Crippen molar-refractivity contribution < 1.29 is 9.78 Å². The first kappa shape index (κ1) is 14.7. The van der Waals surface area contributed by atoms with Crippen molar-refractivity contribution in [1.29, 1.82) is 0 Å². The van der Waals surface area contributed by atoms with Crippen molar-refractivity contribution in [3.05, 3.63) is 102 Å². The predicted octanol–water partition coefficient (Wildman–Crippen LogP) is 1.99. The van der Waals surface area contributed by atoms with Gasteiger partial charge in [0, 0.05) is 22.8 Å². The lowest BCUT2D eigenvalue weighted by Crippen LogP contribution is -2.29. The Bertz CT molecular complexity index is 813. The molecular formula is C19H15N3O. The fraction of sp³-hybridized carbons (Fsp3) is 0. The first-order valence-corrected chi connectivity index (χ1v) is 7.25. The molecule has 0 spiro atoms. The van der Waals surface area contributed by atoms with E-state index < -0.39 is 0 Å². The second kappa shape index (κ2) is 7.13. The van der Waals surface area contributed by atoms with Crippen molar-refractivity contribution in [1.82, 2.24) is 0 Å². The van der Waals surface area contributed by atoms with Gasteiger partial charge >= 0.3 is 0 Å². The highest BCUT2D eigenvalue weighted by atomic mass is 16.3. The van der Waals surface area contributed by atoms with Gasteiger partial charge in [-0.1, -0.05) is 71.4 Å². The van der Waals surface area contributed by atoms with E-state index in [1.807, 2.05) is 66.7 Å². The summed E-state index contributed by atoms with van der Waals surface area (Å²) in [6.45, 7) is 0. The summed E-state index contributed by atoms with van der Waals surface area (Å²) in [7, 11) is 0. The summed E-state index contributed by atoms with van der Waals surface area (Å²) in [5.41, 5.74) is 1.32. The summed E-state index contributed by atoms with van der Waals surface area (Å²) in [6.07, 6.45) is 3.59. The van der Waals surface area contributed by atoms with E-state index in [9.17, 15) is 5.11 Å². The van der Waals surface area contributed by atoms with E-state index >= 15 is 0 Å². The molecule has 0 N–H and O–H groups in total. The van der Waals surface area contributed by atoms with Gasteiger partial charge in [-0.2, -0.15) is 0 Å². The van der Waals surface area contributed by atoms with Gasteiger partial charge in [-0.3, -0.25) is 0 Å². The van der Waals surface area contributed by atoms with Crippen LogP contribution < -0.4 is 9.78 Å². The molecule has 0 saturated heterocycles. The minimum atomic E-state index is -0.315. The molecule has 1 heterocycles. The Morgan fingerprint density at radius 3 is 1.83 bits per heavy atom. The summed E-state index contributed by atoms with van der Waals surface area (Å²) in [6, 6.07) is 24.1. The molecule has 0 amide bonds. The van der Waals surface area contributed by atoms with Crippen molar-refractivity contribution in [2.75, 3.05) is 0 Å². The van der Waals surface area contributed by atoms with Crippen LogP contribution in [0, 0.1) is 0 Å². The van der Waals surface area contributed by atoms with Crippen molar-refractivity contribution in [3.63, 3.8) is 0 Å². The number of amidine groups is 1. The molecule has 3 rings (SSSR count). The maximum absolute atomic E-state index is 12.4. The number of aliphatic imine (C=N–C) groups is 1. The highest BCUT2D eigenvalue weighted by Crippen LogP contribution is 2.04. The summed E-state index contributed by atoms with van der Waals surface area (Å²) in [5, 5.41) is 16.8. The third-order valence-corrected chi connectivity index (χ3v) is 3.17. The number of nitrogens with zero attached hydrogens (tertiary/aromatic N) is 3. The fourth-order valence-corrected chi connectivity index (χ4v) is 2.04. The number of rotatable bonds is 3. The monoisotopic (exact) mass is 301 g/mol. The van der Waals surface area contributed by atoms with E-state index in [0.29, 0.717) is 11.4 Å². The van der Waals surface area contributed by atoms with E-state index in [1.54, 1.807) is 29.2 Å². The minimum Gasteiger partial charge on any atom is -0.858 e. The van der Waals surface area contributed by atoms with E-state index in [1.165, 1.54) is 0 Å². The summed E-state index contributed by atoms with van der Waals surface area (Å²) >= 11 is 0. The molecule has 112 valence electrons. The molecule has 0 unspecified atom stereocenters. The van der Waals surface area contributed by atoms with E-state index in [4.69, 9.17) is 0 Å². The van der Waals surface area contributed by atoms with Crippen LogP contribution in [-0.2, 0) is 0 Å². The quantitative estimate of drug-likeness (QED) is 0.415. The number of benzene rings is 2. The largest absolute Gasteiger partial charge is 0.858 e. The van der Waals surface area contributed by atoms with Gasteiger partial charge < -0.3 is 5.11 Å². The van der Waals surface area contributed by atoms with Gasteiger partial charge in [-0.05, 0) is 11.5 Å². The Morgan fingerprint density at radius 2 is 1.22 bits per heavy atom. The summed E-state index contributed by atoms with van der Waals surface area (Å²) in [5.74, 6) is 0.0559. The molecule has 2 aromatic carbocycles. The van der Waals surface area contributed by atoms with Crippen LogP contribution in [0.1, 0.15) is 11.1 Å². The van der Waals surface area contributed by atoms with Gasteiger partial charge in [0.25, 0.3) is 0 Å². The Labute approximate surface area is 134 Å². The SMILES string of the molecule is [O-]C(=N/C(=N/[n+]1ccccc1)c1ccccc1)c1ccccc1. The van der Waals surface area contributed by atoms with Crippen LogP contribution in [0.4, 0.5) is 0 Å². The van der Waals surface area contributed by atoms with Crippen LogP contribution in [0.25, 0.3) is 0 Å².